The van der Waals surface area contributed by atoms with Gasteiger partial charge in [-0.25, -0.2) is 0 Å². The minimum absolute atomic E-state index is 0.191. The van der Waals surface area contributed by atoms with Crippen LogP contribution in [-0.2, 0) is 5.54 Å². The molecule has 1 unspecified atom stereocenters. The second kappa shape index (κ2) is 3.40. The van der Waals surface area contributed by atoms with E-state index in [1.807, 2.05) is 0 Å². The topological polar surface area (TPSA) is 12.4 Å². The Morgan fingerprint density at radius 3 is 2.07 bits per heavy atom. The van der Waals surface area contributed by atoms with Gasteiger partial charge in [0, 0.05) is 9.78 Å². The molecule has 2 rings (SSSR count). The van der Waals surface area contributed by atoms with Crippen LogP contribution in [0.25, 0.3) is 0 Å². The van der Waals surface area contributed by atoms with Crippen molar-refractivity contribution < 1.29 is 13.2 Å². The van der Waals surface area contributed by atoms with E-state index in [1.54, 1.807) is 12.1 Å². The van der Waals surface area contributed by atoms with Crippen molar-refractivity contribution in [3.8, 4) is 0 Å². The maximum Gasteiger partial charge on any atom is 0.422 e. The summed E-state index contributed by atoms with van der Waals surface area (Å²) < 4.78 is 42.7. The van der Waals surface area contributed by atoms with E-state index in [0.29, 0.717) is 0 Å². The van der Waals surface area contributed by atoms with E-state index in [4.69, 9.17) is 0 Å². The van der Waals surface area contributed by atoms with Crippen molar-refractivity contribution in [1.82, 2.24) is 0 Å². The average Bonchev–Trinajstić information content (AvgIpc) is 2.98. The van der Waals surface area contributed by atoms with Crippen LogP contribution in [0.2, 0.25) is 0 Å². The first-order valence-corrected chi connectivity index (χ1v) is 6.72. The van der Waals surface area contributed by atoms with E-state index >= 15 is 0 Å². The van der Waals surface area contributed by atoms with Crippen LogP contribution in [0.15, 0.2) is 29.3 Å². The van der Waals surface area contributed by atoms with E-state index < -0.39 is 11.7 Å². The Labute approximate surface area is 94.8 Å². The van der Waals surface area contributed by atoms with Crippen LogP contribution >= 0.6 is 20.7 Å². The van der Waals surface area contributed by atoms with Gasteiger partial charge in [-0.15, -0.1) is 0 Å². The molecule has 1 atom stereocenters. The van der Waals surface area contributed by atoms with Crippen LogP contribution in [0, 0.1) is 3.57 Å². The fourth-order valence-electron chi connectivity index (χ4n) is 1.32. The van der Waals surface area contributed by atoms with Gasteiger partial charge in [0.15, 0.2) is 0 Å². The molecule has 1 aliphatic rings. The Balaban J connectivity index is 2.35. The normalized spacial score (nSPS) is 24.2. The van der Waals surface area contributed by atoms with Gasteiger partial charge in [0.1, 0.15) is 0 Å². The van der Waals surface area contributed by atoms with Crippen molar-refractivity contribution in [3.05, 3.63) is 33.4 Å². The maximum atomic E-state index is 12.6. The Morgan fingerprint density at radius 1 is 1.20 bits per heavy atom. The molecule has 5 heteroatoms. The molecule has 0 radical (unpaired) electrons. The summed E-state index contributed by atoms with van der Waals surface area (Å²) in [6, 6.07) is 6.37. The van der Waals surface area contributed by atoms with Crippen molar-refractivity contribution in [1.29, 1.82) is 0 Å². The summed E-state index contributed by atoms with van der Waals surface area (Å²) in [6.45, 7) is 0. The smallest absolute Gasteiger partial charge is 0.267 e. The van der Waals surface area contributed by atoms with Gasteiger partial charge in [-0.05, 0) is 17.7 Å². The molecule has 0 saturated heterocycles. The van der Waals surface area contributed by atoms with Crippen LogP contribution < -0.4 is 0 Å². The van der Waals surface area contributed by atoms with Gasteiger partial charge >= 0.3 is 6.18 Å². The maximum absolute atomic E-state index is 12.6. The van der Waals surface area contributed by atoms with Crippen molar-refractivity contribution in [2.75, 3.05) is 0 Å². The molecule has 0 N–H and O–H groups in total. The van der Waals surface area contributed by atoms with Gasteiger partial charge < -0.3 is 0 Å². The fraction of sp³-hybridized carbons (Fsp3) is 0.200. The number of aliphatic imine (C=N–C) groups is 1. The lowest BCUT2D eigenvalue weighted by Crippen LogP contribution is -2.31. The monoisotopic (exact) mass is 325 g/mol. The van der Waals surface area contributed by atoms with Crippen LogP contribution in [0.5, 0.6) is 0 Å². The lowest BCUT2D eigenvalue weighted by molar-refractivity contribution is -0.156. The third-order valence-electron chi connectivity index (χ3n) is 2.26. The first-order chi connectivity index (χ1) is 6.99. The lowest BCUT2D eigenvalue weighted by Gasteiger charge is -2.17. The summed E-state index contributed by atoms with van der Waals surface area (Å²) in [5.74, 6) is 0. The van der Waals surface area contributed by atoms with Crippen LogP contribution in [0.1, 0.15) is 5.56 Å². The molecule has 0 aromatic heterocycles. The van der Waals surface area contributed by atoms with Crippen molar-refractivity contribution in [2.45, 2.75) is 11.7 Å². The van der Waals surface area contributed by atoms with Crippen molar-refractivity contribution in [2.24, 2.45) is 4.99 Å². The molecular formula is C10H7F3IN. The molecule has 15 heavy (non-hydrogen) atoms. The number of hydrogen-bond donors (Lipinski definition) is 0. The number of hydrogen-bond acceptors (Lipinski definition) is 1. The van der Waals surface area contributed by atoms with E-state index in [2.05, 4.69) is 9.51 Å². The third kappa shape index (κ3) is 1.73. The van der Waals surface area contributed by atoms with Gasteiger partial charge in [0.25, 0.3) is 0 Å². The quantitative estimate of drug-likeness (QED) is 0.741. The fourth-order valence-corrected chi connectivity index (χ4v) is 2.18. The van der Waals surface area contributed by atoms with E-state index in [9.17, 15) is 13.2 Å². The molecule has 1 nitrogen and oxygen atoms in total. The molecule has 0 bridgehead atoms. The minimum atomic E-state index is -4.33. The van der Waals surface area contributed by atoms with E-state index in [-0.39, 0.29) is 26.3 Å². The second-order valence-electron chi connectivity index (χ2n) is 3.16. The van der Waals surface area contributed by atoms with E-state index in [1.165, 1.54) is 12.1 Å². The summed E-state index contributed by atoms with van der Waals surface area (Å²) in [4.78, 5) is 3.37. The molecule has 0 saturated carbocycles. The molecule has 0 amide bonds. The molecule has 0 fully saturated rings. The minimum Gasteiger partial charge on any atom is -0.267 e. The summed E-state index contributed by atoms with van der Waals surface area (Å²) in [7, 11) is 0. The van der Waals surface area contributed by atoms with E-state index in [0.717, 1.165) is 9.78 Å². The van der Waals surface area contributed by atoms with Gasteiger partial charge in [-0.3, -0.25) is 4.99 Å². The van der Waals surface area contributed by atoms with Gasteiger partial charge in [0.05, 0.1) is 0 Å². The van der Waals surface area contributed by atoms with Gasteiger partial charge in [-0.2, -0.15) is 13.2 Å². The molecule has 1 aromatic rings. The number of alkyl halides is 3. The highest BCUT2D eigenvalue weighted by Crippen LogP contribution is 2.47. The van der Waals surface area contributed by atoms with Gasteiger partial charge in [-0.1, -0.05) is 37.4 Å². The van der Waals surface area contributed by atoms with Crippen molar-refractivity contribution in [3.63, 3.8) is 0 Å². The first-order valence-electron chi connectivity index (χ1n) is 4.12. The second-order valence-corrected chi connectivity index (χ2v) is 5.17. The molecule has 80 valence electrons. The molecule has 1 heterocycles. The van der Waals surface area contributed by atoms with Gasteiger partial charge in [0.2, 0.25) is 5.54 Å². The summed E-state index contributed by atoms with van der Waals surface area (Å²) >= 11 is -0.321. The Hall–Kier alpha value is -0.720. The largest absolute Gasteiger partial charge is 0.422 e. The molecule has 1 aromatic carbocycles. The van der Waals surface area contributed by atoms with Crippen LogP contribution in [0.3, 0.4) is 0 Å². The Bertz CT molecular complexity index is 413. The number of halogens is 4. The Morgan fingerprint density at radius 2 is 1.73 bits per heavy atom. The summed E-state index contributed by atoms with van der Waals surface area (Å²) in [5, 5.41) is 0. The highest BCUT2D eigenvalue weighted by Gasteiger charge is 2.61. The zero-order valence-electron chi connectivity index (χ0n) is 7.55. The highest BCUT2D eigenvalue weighted by molar-refractivity contribution is 14.2. The lowest BCUT2D eigenvalue weighted by atomic mass is 9.97. The molecular weight excluding hydrogens is 318 g/mol. The standard InChI is InChI=1S/C10H7F3IN/c1-14-8-4-2-7(3-5-8)9(6-15-9)10(11,12)13/h2-6H,1H2. The molecule has 0 aliphatic carbocycles. The first kappa shape index (κ1) is 10.8. The third-order valence-corrected chi connectivity index (χ3v) is 3.86. The average molecular weight is 325 g/mol. The van der Waals surface area contributed by atoms with Crippen LogP contribution in [-0.4, -0.2) is 16.9 Å². The number of nitrogens with zero attached hydrogens (tertiary/aromatic N) is 1. The SMILES string of the molecule is C=Ic1ccc(C2(C(F)(F)F)C=N2)cc1. The number of benzene rings is 1. The summed E-state index contributed by atoms with van der Waals surface area (Å²) in [5.41, 5.74) is -1.85. The predicted octanol–water partition coefficient (Wildman–Crippen LogP) is 3.10. The zero-order valence-corrected chi connectivity index (χ0v) is 9.71. The summed E-state index contributed by atoms with van der Waals surface area (Å²) in [6.07, 6.45) is -3.38. The zero-order chi connectivity index (χ0) is 11.1. The van der Waals surface area contributed by atoms with Crippen molar-refractivity contribution >= 4 is 31.5 Å². The molecule has 0 spiro atoms. The predicted molar refractivity (Wildman–Crippen MR) is 62.5 cm³/mol. The van der Waals surface area contributed by atoms with Crippen LogP contribution in [0.4, 0.5) is 13.2 Å². The number of rotatable bonds is 2. The molecule has 1 aliphatic heterocycles. The highest BCUT2D eigenvalue weighted by atomic mass is 127. The Kier molecular flexibility index (Phi) is 2.44.